The Morgan fingerprint density at radius 2 is 1.76 bits per heavy atom. The van der Waals surface area contributed by atoms with Gasteiger partial charge in [0.15, 0.2) is 6.04 Å². The summed E-state index contributed by atoms with van der Waals surface area (Å²) in [6.07, 6.45) is -2.33. The van der Waals surface area contributed by atoms with Gasteiger partial charge in [-0.1, -0.05) is 12.1 Å². The molecule has 0 aliphatic carbocycles. The van der Waals surface area contributed by atoms with Crippen molar-refractivity contribution in [3.8, 4) is 0 Å². The van der Waals surface area contributed by atoms with Gasteiger partial charge in [0, 0.05) is 5.69 Å². The van der Waals surface area contributed by atoms with Crippen LogP contribution in [0, 0.1) is 0 Å². The van der Waals surface area contributed by atoms with Crippen LogP contribution >= 0.6 is 0 Å². The fourth-order valence-corrected chi connectivity index (χ4v) is 1.60. The molecule has 1 rings (SSSR count). The largest absolute Gasteiger partial charge is 0.480 e. The molecule has 7 heteroatoms. The summed E-state index contributed by atoms with van der Waals surface area (Å²) < 4.78 is 4.98. The van der Waals surface area contributed by atoms with Crippen LogP contribution in [0.25, 0.3) is 0 Å². The van der Waals surface area contributed by atoms with Crippen molar-refractivity contribution in [2.24, 2.45) is 0 Å². The van der Waals surface area contributed by atoms with Crippen LogP contribution in [0.15, 0.2) is 24.3 Å². The molecule has 1 aromatic rings. The van der Waals surface area contributed by atoms with Gasteiger partial charge in [0.05, 0.1) is 0 Å². The standard InChI is InChI=1S/C14H20N2O5/c1-14(2,3)21-13(20)16-10(12(18)19)11(17)8-4-6-9(15)7-5-8/h4-7,10-11,17H,15H2,1-3H3,(H,16,20)(H,18,19). The highest BCUT2D eigenvalue weighted by Crippen LogP contribution is 2.19. The van der Waals surface area contributed by atoms with Crippen LogP contribution in [-0.2, 0) is 9.53 Å². The lowest BCUT2D eigenvalue weighted by Crippen LogP contribution is -2.46. The number of nitrogen functional groups attached to an aromatic ring is 1. The number of carboxylic acid groups (broad SMARTS) is 1. The third-order valence-electron chi connectivity index (χ3n) is 2.53. The van der Waals surface area contributed by atoms with Crippen molar-refractivity contribution in [3.05, 3.63) is 29.8 Å². The summed E-state index contributed by atoms with van der Waals surface area (Å²) in [6.45, 7) is 4.95. The van der Waals surface area contributed by atoms with E-state index in [1.54, 1.807) is 20.8 Å². The second-order valence-corrected chi connectivity index (χ2v) is 5.57. The molecule has 0 aliphatic heterocycles. The van der Waals surface area contributed by atoms with Crippen molar-refractivity contribution >= 4 is 17.7 Å². The van der Waals surface area contributed by atoms with E-state index in [0.29, 0.717) is 11.3 Å². The highest BCUT2D eigenvalue weighted by molar-refractivity contribution is 5.81. The summed E-state index contributed by atoms with van der Waals surface area (Å²) in [5.74, 6) is -1.37. The van der Waals surface area contributed by atoms with Crippen LogP contribution in [0.4, 0.5) is 10.5 Å². The van der Waals surface area contributed by atoms with Crippen molar-refractivity contribution in [2.75, 3.05) is 5.73 Å². The number of anilines is 1. The summed E-state index contributed by atoms with van der Waals surface area (Å²) >= 11 is 0. The molecule has 0 radical (unpaired) electrons. The van der Waals surface area contributed by atoms with Gasteiger partial charge in [-0.05, 0) is 38.5 Å². The van der Waals surface area contributed by atoms with Gasteiger partial charge in [0.1, 0.15) is 11.7 Å². The minimum absolute atomic E-state index is 0.327. The van der Waals surface area contributed by atoms with Crippen LogP contribution < -0.4 is 11.1 Å². The Hall–Kier alpha value is -2.28. The maximum atomic E-state index is 11.6. The van der Waals surface area contributed by atoms with E-state index in [9.17, 15) is 14.7 Å². The average Bonchev–Trinajstić information content (AvgIpc) is 2.33. The molecule has 21 heavy (non-hydrogen) atoms. The number of rotatable bonds is 4. The normalized spacial score (nSPS) is 14.1. The fourth-order valence-electron chi connectivity index (χ4n) is 1.60. The molecule has 0 saturated heterocycles. The van der Waals surface area contributed by atoms with E-state index in [-0.39, 0.29) is 0 Å². The number of amides is 1. The monoisotopic (exact) mass is 296 g/mol. The minimum Gasteiger partial charge on any atom is -0.480 e. The number of nitrogens with two attached hydrogens (primary N) is 1. The first-order chi connectivity index (χ1) is 9.60. The molecule has 0 heterocycles. The number of carbonyl (C=O) groups is 2. The lowest BCUT2D eigenvalue weighted by molar-refractivity contribution is -0.142. The Bertz CT molecular complexity index is 507. The molecular weight excluding hydrogens is 276 g/mol. The molecule has 0 saturated carbocycles. The molecule has 1 aromatic carbocycles. The summed E-state index contributed by atoms with van der Waals surface area (Å²) in [5.41, 5.74) is 5.57. The molecule has 5 N–H and O–H groups in total. The van der Waals surface area contributed by atoms with Crippen LogP contribution in [-0.4, -0.2) is 33.9 Å². The number of hydrogen-bond donors (Lipinski definition) is 4. The van der Waals surface area contributed by atoms with Crippen LogP contribution in [0.5, 0.6) is 0 Å². The summed E-state index contributed by atoms with van der Waals surface area (Å²) in [7, 11) is 0. The lowest BCUT2D eigenvalue weighted by Gasteiger charge is -2.24. The molecule has 7 nitrogen and oxygen atoms in total. The lowest BCUT2D eigenvalue weighted by atomic mass is 10.0. The zero-order chi connectivity index (χ0) is 16.2. The number of carboxylic acids is 1. The smallest absolute Gasteiger partial charge is 0.408 e. The van der Waals surface area contributed by atoms with Gasteiger partial charge in [-0.25, -0.2) is 9.59 Å². The first-order valence-electron chi connectivity index (χ1n) is 6.36. The molecule has 0 fully saturated rings. The van der Waals surface area contributed by atoms with E-state index in [1.807, 2.05) is 0 Å². The second kappa shape index (κ2) is 6.45. The minimum atomic E-state index is -1.52. The van der Waals surface area contributed by atoms with Crippen LogP contribution in [0.3, 0.4) is 0 Å². The second-order valence-electron chi connectivity index (χ2n) is 5.57. The van der Waals surface area contributed by atoms with Crippen molar-refractivity contribution in [3.63, 3.8) is 0 Å². The Morgan fingerprint density at radius 3 is 2.19 bits per heavy atom. The molecule has 116 valence electrons. The van der Waals surface area contributed by atoms with Gasteiger partial charge in [-0.2, -0.15) is 0 Å². The van der Waals surface area contributed by atoms with Crippen molar-refractivity contribution < 1.29 is 24.5 Å². The van der Waals surface area contributed by atoms with Gasteiger partial charge in [-0.3, -0.25) is 0 Å². The van der Waals surface area contributed by atoms with Gasteiger partial charge in [0.2, 0.25) is 0 Å². The zero-order valence-corrected chi connectivity index (χ0v) is 12.2. The van der Waals surface area contributed by atoms with Gasteiger partial charge >= 0.3 is 12.1 Å². The average molecular weight is 296 g/mol. The highest BCUT2D eigenvalue weighted by Gasteiger charge is 2.31. The first-order valence-corrected chi connectivity index (χ1v) is 6.36. The Morgan fingerprint density at radius 1 is 1.24 bits per heavy atom. The van der Waals surface area contributed by atoms with Crippen molar-refractivity contribution in [1.82, 2.24) is 5.32 Å². The Labute approximate surface area is 122 Å². The molecule has 2 atom stereocenters. The first kappa shape index (κ1) is 16.8. The molecule has 0 spiro atoms. The number of carbonyl (C=O) groups excluding carboxylic acids is 1. The van der Waals surface area contributed by atoms with Gasteiger partial charge in [-0.15, -0.1) is 0 Å². The predicted molar refractivity (Wildman–Crippen MR) is 76.6 cm³/mol. The topological polar surface area (TPSA) is 122 Å². The van der Waals surface area contributed by atoms with Gasteiger partial charge in [0.25, 0.3) is 0 Å². The van der Waals surface area contributed by atoms with Gasteiger partial charge < -0.3 is 26.0 Å². The maximum absolute atomic E-state index is 11.6. The molecule has 0 aliphatic rings. The molecule has 2 unspecified atom stereocenters. The Kier molecular flexibility index (Phi) is 5.15. The molecule has 0 bridgehead atoms. The summed E-state index contributed by atoms with van der Waals surface area (Å²) in [6, 6.07) is 4.53. The number of ether oxygens (including phenoxy) is 1. The number of aliphatic carboxylic acids is 1. The van der Waals surface area contributed by atoms with E-state index in [2.05, 4.69) is 5.32 Å². The summed E-state index contributed by atoms with van der Waals surface area (Å²) in [4.78, 5) is 22.9. The van der Waals surface area contributed by atoms with E-state index in [4.69, 9.17) is 15.6 Å². The number of aliphatic hydroxyl groups excluding tert-OH is 1. The SMILES string of the molecule is CC(C)(C)OC(=O)NC(C(=O)O)C(O)c1ccc(N)cc1. The van der Waals surface area contributed by atoms with Crippen molar-refractivity contribution in [1.29, 1.82) is 0 Å². The van der Waals surface area contributed by atoms with Crippen LogP contribution in [0.2, 0.25) is 0 Å². The maximum Gasteiger partial charge on any atom is 0.408 e. The van der Waals surface area contributed by atoms with Crippen molar-refractivity contribution in [2.45, 2.75) is 38.5 Å². The highest BCUT2D eigenvalue weighted by atomic mass is 16.6. The quantitative estimate of drug-likeness (QED) is 0.621. The third-order valence-corrected chi connectivity index (χ3v) is 2.53. The molecule has 1 amide bonds. The number of nitrogens with one attached hydrogen (secondary N) is 1. The number of aliphatic hydroxyl groups is 1. The number of benzene rings is 1. The molecule has 0 aromatic heterocycles. The summed E-state index contributed by atoms with van der Waals surface area (Å²) in [5, 5.41) is 21.4. The number of hydrogen-bond acceptors (Lipinski definition) is 5. The van der Waals surface area contributed by atoms with E-state index >= 15 is 0 Å². The third kappa shape index (κ3) is 5.31. The zero-order valence-electron chi connectivity index (χ0n) is 12.2. The number of alkyl carbamates (subject to hydrolysis) is 1. The van der Waals surface area contributed by atoms with Crippen LogP contribution in [0.1, 0.15) is 32.4 Å². The predicted octanol–water partition coefficient (Wildman–Crippen LogP) is 1.28. The van der Waals surface area contributed by atoms with E-state index in [0.717, 1.165) is 0 Å². The van der Waals surface area contributed by atoms with E-state index < -0.39 is 29.8 Å². The van der Waals surface area contributed by atoms with E-state index in [1.165, 1.54) is 24.3 Å². The fraction of sp³-hybridized carbons (Fsp3) is 0.429. The Balaban J connectivity index is 2.84. The molecular formula is C14H20N2O5.